The van der Waals surface area contributed by atoms with Crippen molar-refractivity contribution in [2.24, 2.45) is 5.92 Å². The molecule has 1 unspecified atom stereocenters. The van der Waals surface area contributed by atoms with E-state index in [-0.39, 0.29) is 12.1 Å². The Morgan fingerprint density at radius 2 is 1.78 bits per heavy atom. The van der Waals surface area contributed by atoms with Crippen LogP contribution in [0.4, 0.5) is 0 Å². The summed E-state index contributed by atoms with van der Waals surface area (Å²) in [5.41, 5.74) is 0.732. The van der Waals surface area contributed by atoms with Crippen LogP contribution in [0.15, 0.2) is 42.2 Å². The molecule has 0 aliphatic carbocycles. The van der Waals surface area contributed by atoms with Crippen molar-refractivity contribution in [2.75, 3.05) is 0 Å². The lowest BCUT2D eigenvalue weighted by Crippen LogP contribution is -2.21. The Kier molecular flexibility index (Phi) is 7.30. The van der Waals surface area contributed by atoms with Gasteiger partial charge in [0, 0.05) is 0 Å². The zero-order chi connectivity index (χ0) is 17.5. The molecule has 0 spiro atoms. The maximum atomic E-state index is 11.9. The average Bonchev–Trinajstić information content (AvgIpc) is 2.46. The molecule has 23 heavy (non-hydrogen) atoms. The molecule has 0 saturated heterocycles. The number of ether oxygens (including phenoxy) is 1. The molecule has 0 radical (unpaired) electrons. The van der Waals surface area contributed by atoms with Gasteiger partial charge in [-0.05, 0) is 45.6 Å². The molecule has 0 amide bonds. The SMILES string of the molecule is CC(=COOC(C)(C)c1ccccc1)C(=O)OC(C)CC(C)C. The lowest BCUT2D eigenvalue weighted by atomic mass is 9.99. The van der Waals surface area contributed by atoms with E-state index in [2.05, 4.69) is 13.8 Å². The summed E-state index contributed by atoms with van der Waals surface area (Å²) in [6, 6.07) is 9.74. The second-order valence-corrected chi connectivity index (χ2v) is 6.70. The summed E-state index contributed by atoms with van der Waals surface area (Å²) in [7, 11) is 0. The van der Waals surface area contributed by atoms with Crippen LogP contribution in [0.5, 0.6) is 0 Å². The van der Waals surface area contributed by atoms with Crippen LogP contribution in [-0.4, -0.2) is 12.1 Å². The number of hydrogen-bond donors (Lipinski definition) is 0. The molecule has 0 fully saturated rings. The monoisotopic (exact) mass is 320 g/mol. The first-order chi connectivity index (χ1) is 10.7. The first-order valence-corrected chi connectivity index (χ1v) is 8.00. The summed E-state index contributed by atoms with van der Waals surface area (Å²) in [5, 5.41) is 0. The Labute approximate surface area is 139 Å². The van der Waals surface area contributed by atoms with E-state index < -0.39 is 5.60 Å². The van der Waals surface area contributed by atoms with Crippen LogP contribution in [0.3, 0.4) is 0 Å². The molecule has 0 aliphatic heterocycles. The van der Waals surface area contributed by atoms with Gasteiger partial charge in [0.2, 0.25) is 0 Å². The Balaban J connectivity index is 2.51. The maximum absolute atomic E-state index is 11.9. The highest BCUT2D eigenvalue weighted by molar-refractivity contribution is 5.87. The van der Waals surface area contributed by atoms with Crippen LogP contribution >= 0.6 is 0 Å². The van der Waals surface area contributed by atoms with Gasteiger partial charge in [0.05, 0.1) is 11.7 Å². The first-order valence-electron chi connectivity index (χ1n) is 8.00. The minimum absolute atomic E-state index is 0.118. The third kappa shape index (κ3) is 6.87. The van der Waals surface area contributed by atoms with Gasteiger partial charge in [-0.1, -0.05) is 44.2 Å². The van der Waals surface area contributed by atoms with Crippen molar-refractivity contribution < 1.29 is 19.3 Å². The Morgan fingerprint density at radius 1 is 1.17 bits per heavy atom. The second-order valence-electron chi connectivity index (χ2n) is 6.70. The fraction of sp³-hybridized carbons (Fsp3) is 0.526. The summed E-state index contributed by atoms with van der Waals surface area (Å²) in [4.78, 5) is 22.5. The molecule has 1 rings (SSSR count). The molecule has 1 aromatic carbocycles. The van der Waals surface area contributed by atoms with Gasteiger partial charge in [0.25, 0.3) is 0 Å². The van der Waals surface area contributed by atoms with E-state index in [1.807, 2.05) is 51.1 Å². The molecule has 4 nitrogen and oxygen atoms in total. The summed E-state index contributed by atoms with van der Waals surface area (Å²) < 4.78 is 5.35. The highest BCUT2D eigenvalue weighted by Crippen LogP contribution is 2.24. The Hall–Kier alpha value is -1.81. The van der Waals surface area contributed by atoms with Gasteiger partial charge in [-0.2, -0.15) is 4.89 Å². The highest BCUT2D eigenvalue weighted by Gasteiger charge is 2.23. The minimum atomic E-state index is -0.618. The van der Waals surface area contributed by atoms with Crippen molar-refractivity contribution in [3.8, 4) is 0 Å². The summed E-state index contributed by atoms with van der Waals surface area (Å²) in [6.45, 7) is 11.5. The van der Waals surface area contributed by atoms with Crippen molar-refractivity contribution >= 4 is 5.97 Å². The van der Waals surface area contributed by atoms with E-state index >= 15 is 0 Å². The van der Waals surface area contributed by atoms with E-state index in [1.54, 1.807) is 6.92 Å². The standard InChI is InChI=1S/C19H28O4/c1-14(2)12-16(4)22-18(20)15(3)13-21-23-19(5,6)17-10-8-7-9-11-17/h7-11,13-14,16H,12H2,1-6H3. The topological polar surface area (TPSA) is 44.8 Å². The predicted octanol–water partition coefficient (Wildman–Crippen LogP) is 4.75. The quantitative estimate of drug-likeness (QED) is 0.228. The lowest BCUT2D eigenvalue weighted by Gasteiger charge is -2.23. The third-order valence-electron chi connectivity index (χ3n) is 3.38. The third-order valence-corrected chi connectivity index (χ3v) is 3.38. The predicted molar refractivity (Wildman–Crippen MR) is 90.4 cm³/mol. The normalized spacial score (nSPS) is 13.8. The van der Waals surface area contributed by atoms with Crippen molar-refractivity contribution in [1.82, 2.24) is 0 Å². The zero-order valence-corrected chi connectivity index (χ0v) is 15.0. The van der Waals surface area contributed by atoms with Gasteiger partial charge in [0.1, 0.15) is 11.9 Å². The molecule has 0 aromatic heterocycles. The van der Waals surface area contributed by atoms with E-state index in [0.717, 1.165) is 12.0 Å². The molecule has 0 heterocycles. The van der Waals surface area contributed by atoms with E-state index in [4.69, 9.17) is 14.5 Å². The van der Waals surface area contributed by atoms with Crippen LogP contribution in [0.2, 0.25) is 0 Å². The van der Waals surface area contributed by atoms with Gasteiger partial charge in [0.15, 0.2) is 0 Å². The molecule has 4 heteroatoms. The molecular weight excluding hydrogens is 292 g/mol. The number of carbonyl (C=O) groups is 1. The largest absolute Gasteiger partial charge is 0.459 e. The number of rotatable bonds is 8. The zero-order valence-electron chi connectivity index (χ0n) is 15.0. The smallest absolute Gasteiger partial charge is 0.337 e. The molecular formula is C19H28O4. The Bertz CT molecular complexity index is 517. The van der Waals surface area contributed by atoms with Crippen molar-refractivity contribution in [3.63, 3.8) is 0 Å². The fourth-order valence-electron chi connectivity index (χ4n) is 2.14. The van der Waals surface area contributed by atoms with Crippen molar-refractivity contribution in [2.45, 2.75) is 59.7 Å². The van der Waals surface area contributed by atoms with Gasteiger partial charge < -0.3 is 9.62 Å². The minimum Gasteiger partial charge on any atom is -0.459 e. The fourth-order valence-corrected chi connectivity index (χ4v) is 2.14. The van der Waals surface area contributed by atoms with Crippen molar-refractivity contribution in [1.29, 1.82) is 0 Å². The van der Waals surface area contributed by atoms with E-state index in [1.165, 1.54) is 6.26 Å². The van der Waals surface area contributed by atoms with E-state index in [9.17, 15) is 4.79 Å². The molecule has 1 aromatic rings. The van der Waals surface area contributed by atoms with Gasteiger partial charge in [-0.15, -0.1) is 0 Å². The number of hydrogen-bond acceptors (Lipinski definition) is 4. The van der Waals surface area contributed by atoms with Crippen LogP contribution in [-0.2, 0) is 24.9 Å². The average molecular weight is 320 g/mol. The van der Waals surface area contributed by atoms with Crippen LogP contribution < -0.4 is 0 Å². The molecule has 128 valence electrons. The number of benzene rings is 1. The molecule has 0 aliphatic rings. The Morgan fingerprint density at radius 3 is 2.35 bits per heavy atom. The molecule has 0 N–H and O–H groups in total. The highest BCUT2D eigenvalue weighted by atomic mass is 17.2. The number of carbonyl (C=O) groups excluding carboxylic acids is 1. The van der Waals surface area contributed by atoms with Gasteiger partial charge in [-0.3, -0.25) is 0 Å². The van der Waals surface area contributed by atoms with Crippen LogP contribution in [0, 0.1) is 5.92 Å². The summed E-state index contributed by atoms with van der Waals surface area (Å²) in [6.07, 6.45) is 2.00. The second kappa shape index (κ2) is 8.73. The molecule has 0 saturated carbocycles. The van der Waals surface area contributed by atoms with Gasteiger partial charge >= 0.3 is 5.97 Å². The van der Waals surface area contributed by atoms with Crippen LogP contribution in [0.1, 0.15) is 53.5 Å². The first kappa shape index (κ1) is 19.2. The molecule has 1 atom stereocenters. The lowest BCUT2D eigenvalue weighted by molar-refractivity contribution is -0.321. The number of esters is 1. The van der Waals surface area contributed by atoms with Gasteiger partial charge in [-0.25, -0.2) is 4.79 Å². The van der Waals surface area contributed by atoms with E-state index in [0.29, 0.717) is 11.5 Å². The van der Waals surface area contributed by atoms with Crippen LogP contribution in [0.25, 0.3) is 0 Å². The van der Waals surface area contributed by atoms with Crippen molar-refractivity contribution in [3.05, 3.63) is 47.7 Å². The molecule has 0 bridgehead atoms. The summed E-state index contributed by atoms with van der Waals surface area (Å²) >= 11 is 0. The maximum Gasteiger partial charge on any atom is 0.337 e. The summed E-state index contributed by atoms with van der Waals surface area (Å²) in [5.74, 6) is 0.0904.